The molecule has 2 fully saturated rings. The molecule has 2 amide bonds. The molecule has 0 aromatic rings. The molecule has 2 aliphatic heterocycles. The lowest BCUT2D eigenvalue weighted by atomic mass is 9.90. The van der Waals surface area contributed by atoms with Crippen molar-refractivity contribution >= 4 is 21.7 Å². The molecule has 0 saturated carbocycles. The molecule has 0 spiro atoms. The number of carbonyl (C=O) groups excluding carboxylic acids is 2. The van der Waals surface area contributed by atoms with E-state index in [1.807, 2.05) is 0 Å². The summed E-state index contributed by atoms with van der Waals surface area (Å²) < 4.78 is 39.9. The van der Waals surface area contributed by atoms with E-state index >= 15 is 0 Å². The maximum absolute atomic E-state index is 11.8. The van der Waals surface area contributed by atoms with E-state index in [4.69, 9.17) is 14.2 Å². The maximum Gasteiger partial charge on any atom is 0.217 e. The first-order valence-electron chi connectivity index (χ1n) is 10.9. The molecule has 0 unspecified atom stereocenters. The number of hydrogen-bond acceptors (Lipinski definition) is 12. The number of nitrogens with one attached hydrogen (secondary N) is 2. The highest BCUT2D eigenvalue weighted by molar-refractivity contribution is 7.93. The molecular formula is C20H34N2O12S. The molecule has 0 aromatic heterocycles. The van der Waals surface area contributed by atoms with Crippen LogP contribution >= 0.6 is 0 Å². The number of amides is 2. The Labute approximate surface area is 202 Å². The van der Waals surface area contributed by atoms with Gasteiger partial charge in [0.25, 0.3) is 0 Å². The topological polar surface area (TPSA) is 221 Å². The number of ether oxygens (including phenoxy) is 3. The maximum atomic E-state index is 11.8. The molecule has 202 valence electrons. The van der Waals surface area contributed by atoms with Crippen LogP contribution in [0.25, 0.3) is 0 Å². The Hall–Kier alpha value is -1.69. The summed E-state index contributed by atoms with van der Waals surface area (Å²) in [6.45, 7) is 1.00. The number of sulfone groups is 1. The Kier molecular flexibility index (Phi) is 10.6. The Bertz CT molecular complexity index is 868. The van der Waals surface area contributed by atoms with Crippen LogP contribution in [0.5, 0.6) is 0 Å². The molecule has 0 aromatic carbocycles. The lowest BCUT2D eigenvalue weighted by molar-refractivity contribution is -0.314. The van der Waals surface area contributed by atoms with Crippen molar-refractivity contribution in [3.63, 3.8) is 0 Å². The van der Waals surface area contributed by atoms with Gasteiger partial charge in [0.2, 0.25) is 11.8 Å². The van der Waals surface area contributed by atoms with Gasteiger partial charge in [0.15, 0.2) is 16.1 Å². The molecule has 14 nitrogen and oxygen atoms in total. The summed E-state index contributed by atoms with van der Waals surface area (Å²) >= 11 is 0. The fourth-order valence-corrected chi connectivity index (χ4v) is 4.53. The van der Waals surface area contributed by atoms with Gasteiger partial charge in [-0.15, -0.1) is 0 Å². The van der Waals surface area contributed by atoms with Gasteiger partial charge < -0.3 is 50.4 Å². The van der Waals surface area contributed by atoms with E-state index in [0.29, 0.717) is 0 Å². The lowest BCUT2D eigenvalue weighted by Crippen LogP contribution is -2.69. The molecule has 2 aliphatic rings. The molecule has 10 atom stereocenters. The van der Waals surface area contributed by atoms with Crippen molar-refractivity contribution < 1.29 is 57.8 Å². The zero-order valence-electron chi connectivity index (χ0n) is 19.6. The summed E-state index contributed by atoms with van der Waals surface area (Å²) in [5.41, 5.74) is 0. The highest BCUT2D eigenvalue weighted by Crippen LogP contribution is 2.30. The molecule has 2 heterocycles. The van der Waals surface area contributed by atoms with Crippen molar-refractivity contribution in [2.24, 2.45) is 0 Å². The molecule has 0 aliphatic carbocycles. The van der Waals surface area contributed by atoms with Crippen LogP contribution in [0.3, 0.4) is 0 Å². The van der Waals surface area contributed by atoms with E-state index in [2.05, 4.69) is 10.6 Å². The minimum atomic E-state index is -3.44. The third-order valence-corrected chi connectivity index (χ3v) is 6.31. The predicted octanol–water partition coefficient (Wildman–Crippen LogP) is -4.11. The summed E-state index contributed by atoms with van der Waals surface area (Å²) in [4.78, 5) is 23.4. The van der Waals surface area contributed by atoms with Crippen LogP contribution in [0.2, 0.25) is 0 Å². The van der Waals surface area contributed by atoms with Gasteiger partial charge in [0.05, 0.1) is 25.4 Å². The van der Waals surface area contributed by atoms with E-state index in [1.165, 1.54) is 13.0 Å². The summed E-state index contributed by atoms with van der Waals surface area (Å²) in [5.74, 6) is -1.12. The molecule has 0 bridgehead atoms. The summed E-state index contributed by atoms with van der Waals surface area (Å²) in [7, 11) is -3.44. The van der Waals surface area contributed by atoms with Crippen molar-refractivity contribution in [2.75, 3.05) is 19.5 Å². The van der Waals surface area contributed by atoms with Gasteiger partial charge in [-0.25, -0.2) is 8.42 Å². The van der Waals surface area contributed by atoms with E-state index in [1.54, 1.807) is 0 Å². The van der Waals surface area contributed by atoms with Crippen molar-refractivity contribution in [2.45, 2.75) is 81.4 Å². The second-order valence-corrected chi connectivity index (χ2v) is 10.5. The van der Waals surface area contributed by atoms with Crippen molar-refractivity contribution in [1.29, 1.82) is 0 Å². The molecule has 35 heavy (non-hydrogen) atoms. The van der Waals surface area contributed by atoms with Crippen LogP contribution in [0.15, 0.2) is 11.5 Å². The zero-order chi connectivity index (χ0) is 26.5. The highest BCUT2D eigenvalue weighted by atomic mass is 32.2. The fraction of sp³-hybridized carbons (Fsp3) is 0.800. The number of aliphatic hydroxyl groups is 5. The molecular weight excluding hydrogens is 492 g/mol. The standard InChI is InChI=1S/C20H34N2O12S/c1-9(25)21-14-11(5-4-6-35(3,30)31)32-13(8-24)19(18(14)29)34-20-15(22-10(2)26)17(28)16(27)12(7-23)33-20/h4,6,11-20,23-24,27-29H,5,7-8H2,1-3H3,(H,21,25)(H,22,26)/b6-4+/t11-,12+,13+,14-,15+,16+,17+,18+,19+,20-/m0/s1. The number of carbonyl (C=O) groups is 2. The van der Waals surface area contributed by atoms with Gasteiger partial charge in [-0.2, -0.15) is 0 Å². The number of hydrogen-bond donors (Lipinski definition) is 7. The van der Waals surface area contributed by atoms with Crippen molar-refractivity contribution in [3.8, 4) is 0 Å². The Morgan fingerprint density at radius 3 is 1.97 bits per heavy atom. The van der Waals surface area contributed by atoms with E-state index < -0.39 is 96.0 Å². The van der Waals surface area contributed by atoms with Gasteiger partial charge in [-0.05, 0) is 6.42 Å². The van der Waals surface area contributed by atoms with Crippen LogP contribution in [0.1, 0.15) is 20.3 Å². The Balaban J connectivity index is 2.32. The third kappa shape index (κ3) is 7.90. The molecule has 2 saturated heterocycles. The molecule has 15 heteroatoms. The molecule has 7 N–H and O–H groups in total. The van der Waals surface area contributed by atoms with Gasteiger partial charge in [0, 0.05) is 25.5 Å². The van der Waals surface area contributed by atoms with E-state index in [-0.39, 0.29) is 6.42 Å². The van der Waals surface area contributed by atoms with Crippen molar-refractivity contribution in [1.82, 2.24) is 10.6 Å². The van der Waals surface area contributed by atoms with Crippen LogP contribution < -0.4 is 10.6 Å². The normalized spacial score (nSPS) is 38.3. The average molecular weight is 527 g/mol. The summed E-state index contributed by atoms with van der Waals surface area (Å²) in [6, 6.07) is -2.41. The first-order valence-corrected chi connectivity index (χ1v) is 12.9. The van der Waals surface area contributed by atoms with Crippen LogP contribution in [-0.2, 0) is 33.6 Å². The quantitative estimate of drug-likeness (QED) is 0.152. The zero-order valence-corrected chi connectivity index (χ0v) is 20.4. The van der Waals surface area contributed by atoms with Crippen molar-refractivity contribution in [3.05, 3.63) is 11.5 Å². The minimum absolute atomic E-state index is 0.0375. The smallest absolute Gasteiger partial charge is 0.217 e. The van der Waals surface area contributed by atoms with E-state index in [0.717, 1.165) is 18.6 Å². The van der Waals surface area contributed by atoms with Gasteiger partial charge in [-0.3, -0.25) is 9.59 Å². The monoisotopic (exact) mass is 526 g/mol. The number of rotatable bonds is 9. The lowest BCUT2D eigenvalue weighted by Gasteiger charge is -2.48. The van der Waals surface area contributed by atoms with Crippen LogP contribution in [-0.4, -0.2) is 126 Å². The Morgan fingerprint density at radius 2 is 1.46 bits per heavy atom. The van der Waals surface area contributed by atoms with Gasteiger partial charge in [0.1, 0.15) is 42.7 Å². The van der Waals surface area contributed by atoms with Gasteiger partial charge >= 0.3 is 0 Å². The first-order chi connectivity index (χ1) is 16.3. The average Bonchev–Trinajstić information content (AvgIpc) is 2.75. The number of aliphatic hydroxyl groups excluding tert-OH is 5. The SMILES string of the molecule is CC(=O)N[C@@H]1[C@@H](O)[C@H](O[C@@H]2O[C@H](CO)[C@@H](O)[C@H](O)[C@H]2NC(C)=O)[C@@H](CO)O[C@H]1C/C=C/S(C)(=O)=O. The first kappa shape index (κ1) is 29.5. The third-order valence-electron chi connectivity index (χ3n) is 5.62. The second-order valence-electron chi connectivity index (χ2n) is 8.58. The molecule has 0 radical (unpaired) electrons. The van der Waals surface area contributed by atoms with Crippen LogP contribution in [0.4, 0.5) is 0 Å². The Morgan fingerprint density at radius 1 is 0.886 bits per heavy atom. The largest absolute Gasteiger partial charge is 0.394 e. The van der Waals surface area contributed by atoms with Gasteiger partial charge in [-0.1, -0.05) is 6.08 Å². The fourth-order valence-electron chi connectivity index (χ4n) is 4.07. The molecule has 2 rings (SSSR count). The summed E-state index contributed by atoms with van der Waals surface area (Å²) in [5, 5.41) is 56.9. The summed E-state index contributed by atoms with van der Waals surface area (Å²) in [6.07, 6.45) is -8.71. The second kappa shape index (κ2) is 12.5. The minimum Gasteiger partial charge on any atom is -0.394 e. The highest BCUT2D eigenvalue weighted by Gasteiger charge is 2.51. The van der Waals surface area contributed by atoms with E-state index in [9.17, 15) is 43.5 Å². The predicted molar refractivity (Wildman–Crippen MR) is 118 cm³/mol. The van der Waals surface area contributed by atoms with Crippen LogP contribution in [0, 0.1) is 0 Å².